The Morgan fingerprint density at radius 1 is 0.466 bits per heavy atom. The predicted octanol–water partition coefficient (Wildman–Crippen LogP) is 15.2. The molecule has 6 nitrogen and oxygen atoms in total. The highest BCUT2D eigenvalue weighted by Crippen LogP contribution is 2.14. The lowest BCUT2D eigenvalue weighted by atomic mass is 10.0. The Kier molecular flexibility index (Phi) is 43.1. The second-order valence-corrected chi connectivity index (χ2v) is 18.2. The number of unbranched alkanes of at least 4 members (excludes halogenated alkanes) is 28. The van der Waals surface area contributed by atoms with Crippen LogP contribution in [0.1, 0.15) is 239 Å². The largest absolute Gasteiger partial charge is 0.387 e. The van der Waals surface area contributed by atoms with E-state index in [-0.39, 0.29) is 12.3 Å². The van der Waals surface area contributed by atoms with Crippen LogP contribution in [0.4, 0.5) is 0 Å². The molecule has 58 heavy (non-hydrogen) atoms. The van der Waals surface area contributed by atoms with E-state index in [1.807, 2.05) is 0 Å². The van der Waals surface area contributed by atoms with Crippen LogP contribution in [0.2, 0.25) is 0 Å². The monoisotopic (exact) mass is 832 g/mol. The van der Waals surface area contributed by atoms with Crippen LogP contribution in [0.5, 0.6) is 0 Å². The first-order valence-corrected chi connectivity index (χ1v) is 26.1. The summed E-state index contributed by atoms with van der Waals surface area (Å²) >= 11 is 0. The summed E-state index contributed by atoms with van der Waals surface area (Å²) in [7, 11) is -4.37. The van der Waals surface area contributed by atoms with Gasteiger partial charge in [-0.3, -0.25) is 9.35 Å². The summed E-state index contributed by atoms with van der Waals surface area (Å²) in [5, 5.41) is 13.3. The average molecular weight is 832 g/mol. The molecule has 3 N–H and O–H groups in total. The first-order chi connectivity index (χ1) is 28.3. The van der Waals surface area contributed by atoms with Gasteiger partial charge in [0.2, 0.25) is 5.91 Å². The van der Waals surface area contributed by atoms with Gasteiger partial charge in [0.05, 0.1) is 17.9 Å². The summed E-state index contributed by atoms with van der Waals surface area (Å²) in [4.78, 5) is 12.6. The Morgan fingerprint density at radius 3 is 1.19 bits per heavy atom. The molecule has 0 aromatic rings. The summed E-state index contributed by atoms with van der Waals surface area (Å²) in [5.74, 6) is -1.01. The highest BCUT2D eigenvalue weighted by molar-refractivity contribution is 7.85. The molecule has 0 aliphatic rings. The predicted molar refractivity (Wildman–Crippen MR) is 253 cm³/mol. The van der Waals surface area contributed by atoms with Crippen molar-refractivity contribution in [2.24, 2.45) is 0 Å². The molecule has 0 fully saturated rings. The average Bonchev–Trinajstić information content (AvgIpc) is 3.19. The van der Waals surface area contributed by atoms with E-state index in [2.05, 4.69) is 67.8 Å². The van der Waals surface area contributed by atoms with E-state index in [4.69, 9.17) is 0 Å². The van der Waals surface area contributed by atoms with Crippen LogP contribution in [0.15, 0.2) is 60.8 Å². The van der Waals surface area contributed by atoms with Crippen LogP contribution >= 0.6 is 0 Å². The summed E-state index contributed by atoms with van der Waals surface area (Å²) in [6.45, 7) is 4.53. The molecule has 0 aliphatic heterocycles. The number of rotatable bonds is 44. The van der Waals surface area contributed by atoms with Gasteiger partial charge in [-0.05, 0) is 77.0 Å². The Bertz CT molecular complexity index is 1140. The van der Waals surface area contributed by atoms with Gasteiger partial charge in [0.15, 0.2) is 0 Å². The van der Waals surface area contributed by atoms with Gasteiger partial charge in [-0.1, -0.05) is 216 Å². The molecule has 2 atom stereocenters. The molecule has 2 unspecified atom stereocenters. The van der Waals surface area contributed by atoms with Crippen molar-refractivity contribution in [2.75, 3.05) is 5.75 Å². The molecule has 0 saturated carbocycles. The highest BCUT2D eigenvalue weighted by atomic mass is 32.2. The lowest BCUT2D eigenvalue weighted by molar-refractivity contribution is -0.122. The fourth-order valence-electron chi connectivity index (χ4n) is 7.22. The smallest absolute Gasteiger partial charge is 0.267 e. The standard InChI is InChI=1S/C51H93NO5S/c1-3-5-7-9-11-13-15-17-19-21-23-25-26-27-29-31-33-35-37-39-41-43-45-47-51(54)52-49(48-58(55,56)57)50(53)46-44-42-40-38-36-34-32-30-28-24-22-20-18-16-14-12-10-8-6-4-2/h15,17,21,23,28,30,36,38,44,46,49-50,53H,3-14,16,18-20,22,24-27,29,31-35,37,39-43,45,47-48H2,1-2H3,(H,52,54)(H,55,56,57)/b17-15-,23-21-,30-28+,38-36+,46-44+. The maximum Gasteiger partial charge on any atom is 0.267 e. The van der Waals surface area contributed by atoms with Crippen molar-refractivity contribution in [3.8, 4) is 0 Å². The molecule has 0 heterocycles. The fraction of sp³-hybridized carbons (Fsp3) is 0.784. The molecular formula is C51H93NO5S. The van der Waals surface area contributed by atoms with Crippen LogP contribution in [-0.4, -0.2) is 41.9 Å². The Labute approximate surface area is 360 Å². The zero-order valence-corrected chi connectivity index (χ0v) is 38.7. The second-order valence-electron chi connectivity index (χ2n) is 16.7. The zero-order valence-electron chi connectivity index (χ0n) is 37.9. The topological polar surface area (TPSA) is 104 Å². The molecule has 0 rings (SSSR count). The zero-order chi connectivity index (χ0) is 42.5. The van der Waals surface area contributed by atoms with Crippen molar-refractivity contribution in [3.05, 3.63) is 60.8 Å². The third-order valence-corrected chi connectivity index (χ3v) is 11.7. The molecule has 0 spiro atoms. The summed E-state index contributed by atoms with van der Waals surface area (Å²) in [6.07, 6.45) is 62.2. The summed E-state index contributed by atoms with van der Waals surface area (Å²) in [6, 6.07) is -1.08. The van der Waals surface area contributed by atoms with Crippen molar-refractivity contribution in [2.45, 2.75) is 251 Å². The van der Waals surface area contributed by atoms with Gasteiger partial charge < -0.3 is 10.4 Å². The van der Waals surface area contributed by atoms with E-state index in [0.29, 0.717) is 6.42 Å². The molecule has 7 heteroatoms. The van der Waals surface area contributed by atoms with Crippen molar-refractivity contribution >= 4 is 16.0 Å². The SMILES string of the molecule is CCCCCCC/C=C\C/C=C\CCCCCCCCCCCCCC(=O)NC(CS(=O)(=O)O)C(O)/C=C/CC/C=C/CC/C=C/CCCCCCCCCCCC. The van der Waals surface area contributed by atoms with Crippen LogP contribution in [0.3, 0.4) is 0 Å². The number of hydrogen-bond acceptors (Lipinski definition) is 4. The number of aliphatic hydroxyl groups excluding tert-OH is 1. The fourth-order valence-corrected chi connectivity index (χ4v) is 7.95. The Balaban J connectivity index is 3.90. The van der Waals surface area contributed by atoms with Gasteiger partial charge >= 0.3 is 0 Å². The van der Waals surface area contributed by atoms with E-state index in [1.165, 1.54) is 173 Å². The van der Waals surface area contributed by atoms with E-state index in [0.717, 1.165) is 44.9 Å². The number of hydrogen-bond donors (Lipinski definition) is 3. The number of carbonyl (C=O) groups excluding carboxylic acids is 1. The number of aliphatic hydroxyl groups is 1. The first-order valence-electron chi connectivity index (χ1n) is 24.5. The first kappa shape index (κ1) is 56.0. The molecule has 1 amide bonds. The lowest BCUT2D eigenvalue weighted by Gasteiger charge is -2.21. The van der Waals surface area contributed by atoms with Crippen molar-refractivity contribution in [1.29, 1.82) is 0 Å². The Morgan fingerprint density at radius 2 is 0.793 bits per heavy atom. The van der Waals surface area contributed by atoms with Gasteiger partial charge in [0, 0.05) is 6.42 Å². The molecule has 338 valence electrons. The van der Waals surface area contributed by atoms with Crippen LogP contribution in [0, 0.1) is 0 Å². The van der Waals surface area contributed by atoms with Crippen LogP contribution in [-0.2, 0) is 14.9 Å². The molecular weight excluding hydrogens is 739 g/mol. The number of amides is 1. The minimum Gasteiger partial charge on any atom is -0.387 e. The van der Waals surface area contributed by atoms with Crippen molar-refractivity contribution in [1.82, 2.24) is 5.32 Å². The molecule has 0 aromatic heterocycles. The summed E-state index contributed by atoms with van der Waals surface area (Å²) < 4.78 is 32.6. The lowest BCUT2D eigenvalue weighted by Crippen LogP contribution is -2.46. The maximum absolute atomic E-state index is 12.6. The Hall–Kier alpha value is -1.96. The third kappa shape index (κ3) is 45.1. The minimum atomic E-state index is -4.37. The molecule has 0 radical (unpaired) electrons. The number of nitrogens with one attached hydrogen (secondary N) is 1. The van der Waals surface area contributed by atoms with E-state index >= 15 is 0 Å². The number of carbonyl (C=O) groups is 1. The van der Waals surface area contributed by atoms with Gasteiger partial charge in [0.1, 0.15) is 0 Å². The van der Waals surface area contributed by atoms with E-state index in [9.17, 15) is 22.9 Å². The molecule has 0 aromatic carbocycles. The van der Waals surface area contributed by atoms with Crippen molar-refractivity contribution < 1.29 is 22.9 Å². The van der Waals surface area contributed by atoms with Gasteiger partial charge in [0.25, 0.3) is 10.1 Å². The normalized spacial score (nSPS) is 13.7. The quantitative estimate of drug-likeness (QED) is 0.0322. The van der Waals surface area contributed by atoms with Gasteiger partial charge in [-0.2, -0.15) is 8.42 Å². The van der Waals surface area contributed by atoms with Gasteiger partial charge in [-0.15, -0.1) is 0 Å². The van der Waals surface area contributed by atoms with E-state index in [1.54, 1.807) is 6.08 Å². The second kappa shape index (κ2) is 44.6. The number of allylic oxidation sites excluding steroid dienone is 9. The van der Waals surface area contributed by atoms with Crippen LogP contribution in [0.25, 0.3) is 0 Å². The van der Waals surface area contributed by atoms with Gasteiger partial charge in [-0.25, -0.2) is 0 Å². The van der Waals surface area contributed by atoms with Crippen LogP contribution < -0.4 is 5.32 Å². The minimum absolute atomic E-state index is 0.281. The maximum atomic E-state index is 12.6. The molecule has 0 saturated heterocycles. The van der Waals surface area contributed by atoms with E-state index < -0.39 is 28.0 Å². The third-order valence-electron chi connectivity index (χ3n) is 10.9. The molecule has 0 aliphatic carbocycles. The highest BCUT2D eigenvalue weighted by Gasteiger charge is 2.24. The van der Waals surface area contributed by atoms with Crippen molar-refractivity contribution in [3.63, 3.8) is 0 Å². The summed E-state index contributed by atoms with van der Waals surface area (Å²) in [5.41, 5.74) is 0. The molecule has 0 bridgehead atoms.